The van der Waals surface area contributed by atoms with Gasteiger partial charge in [0.1, 0.15) is 0 Å². The van der Waals surface area contributed by atoms with Crippen molar-refractivity contribution in [3.05, 3.63) is 29.8 Å². The van der Waals surface area contributed by atoms with Gasteiger partial charge in [-0.2, -0.15) is 8.42 Å². The summed E-state index contributed by atoms with van der Waals surface area (Å²) in [7, 11) is -4.02. The van der Waals surface area contributed by atoms with E-state index >= 15 is 0 Å². The van der Waals surface area contributed by atoms with Crippen molar-refractivity contribution in [3.63, 3.8) is 0 Å². The van der Waals surface area contributed by atoms with Crippen LogP contribution in [0.1, 0.15) is 33.3 Å². The molecule has 0 spiro atoms. The molecule has 0 radical (unpaired) electrons. The van der Waals surface area contributed by atoms with Crippen LogP contribution >= 0.6 is 0 Å². The van der Waals surface area contributed by atoms with Crippen molar-refractivity contribution in [2.75, 3.05) is 0 Å². The van der Waals surface area contributed by atoms with Crippen LogP contribution in [0.3, 0.4) is 0 Å². The Hall–Kier alpha value is -2.99. The van der Waals surface area contributed by atoms with Gasteiger partial charge in [0.25, 0.3) is 34.0 Å². The Labute approximate surface area is 156 Å². The van der Waals surface area contributed by atoms with Crippen molar-refractivity contribution in [2.45, 2.75) is 39.5 Å². The Bertz CT molecular complexity index is 612. The second kappa shape index (κ2) is 17.8. The van der Waals surface area contributed by atoms with E-state index < -0.39 is 34.0 Å². The van der Waals surface area contributed by atoms with Crippen molar-refractivity contribution in [3.8, 4) is 0 Å². The minimum absolute atomic E-state index is 0.0666. The van der Waals surface area contributed by atoms with Gasteiger partial charge in [-0.3, -0.25) is 23.7 Å². The maximum absolute atomic E-state index is 10.5. The standard InChI is InChI=1S/C7H8O3S.4C2H4O2/c1-6-2-4-7(5-3-6)11(8,9)10;4*1-2(3)4/h2-5H,1H3,(H,8,9,10);4*1H3,(H,3,4). The summed E-state index contributed by atoms with van der Waals surface area (Å²) in [6.07, 6.45) is 0. The topological polar surface area (TPSA) is 204 Å². The molecule has 12 heteroatoms. The molecule has 1 aromatic rings. The number of rotatable bonds is 1. The van der Waals surface area contributed by atoms with E-state index in [0.29, 0.717) is 0 Å². The monoisotopic (exact) mass is 412 g/mol. The first-order valence-electron chi connectivity index (χ1n) is 6.75. The maximum atomic E-state index is 10.5. The summed E-state index contributed by atoms with van der Waals surface area (Å²) >= 11 is 0. The lowest BCUT2D eigenvalue weighted by atomic mass is 10.2. The molecule has 0 bridgehead atoms. The van der Waals surface area contributed by atoms with Crippen molar-refractivity contribution in [1.29, 1.82) is 0 Å². The van der Waals surface area contributed by atoms with Gasteiger partial charge in [0.2, 0.25) is 0 Å². The molecule has 0 aromatic heterocycles. The Morgan fingerprint density at radius 2 is 0.852 bits per heavy atom. The predicted molar refractivity (Wildman–Crippen MR) is 94.2 cm³/mol. The van der Waals surface area contributed by atoms with Crippen molar-refractivity contribution in [2.24, 2.45) is 0 Å². The number of hydrogen-bond acceptors (Lipinski definition) is 6. The third kappa shape index (κ3) is 60.0. The van der Waals surface area contributed by atoms with E-state index in [0.717, 1.165) is 33.3 Å². The lowest BCUT2D eigenvalue weighted by molar-refractivity contribution is -0.135. The number of aliphatic carboxylic acids is 4. The zero-order valence-corrected chi connectivity index (χ0v) is 16.2. The summed E-state index contributed by atoms with van der Waals surface area (Å²) in [5, 5.41) is 29.7. The Morgan fingerprint density at radius 1 is 0.667 bits per heavy atom. The van der Waals surface area contributed by atoms with Gasteiger partial charge in [-0.15, -0.1) is 0 Å². The molecule has 0 unspecified atom stereocenters. The van der Waals surface area contributed by atoms with Gasteiger partial charge in [-0.25, -0.2) is 0 Å². The van der Waals surface area contributed by atoms with Gasteiger partial charge in [0.05, 0.1) is 4.90 Å². The molecule has 0 fully saturated rings. The molecule has 11 nitrogen and oxygen atoms in total. The van der Waals surface area contributed by atoms with E-state index in [1.165, 1.54) is 12.1 Å². The Morgan fingerprint density at radius 3 is 1.00 bits per heavy atom. The molecule has 1 aromatic carbocycles. The molecular formula is C15H24O11S. The number of carboxylic acids is 4. The normalized spacial score (nSPS) is 8.37. The van der Waals surface area contributed by atoms with Gasteiger partial charge < -0.3 is 20.4 Å². The lowest BCUT2D eigenvalue weighted by Crippen LogP contribution is -1.96. The SMILES string of the molecule is CC(=O)O.CC(=O)O.CC(=O)O.CC(=O)O.Cc1ccc(S(=O)(=O)O)cc1. The first-order chi connectivity index (χ1) is 11.9. The summed E-state index contributed by atoms with van der Waals surface area (Å²) in [6, 6.07) is 5.99. The van der Waals surface area contributed by atoms with Crippen LogP contribution in [0.2, 0.25) is 0 Å². The van der Waals surface area contributed by atoms with Crippen molar-refractivity contribution >= 4 is 34.0 Å². The fourth-order valence-corrected chi connectivity index (χ4v) is 1.19. The highest BCUT2D eigenvalue weighted by molar-refractivity contribution is 7.85. The predicted octanol–water partition coefficient (Wildman–Crippen LogP) is 1.61. The van der Waals surface area contributed by atoms with Crippen LogP contribution in [0.5, 0.6) is 0 Å². The molecule has 27 heavy (non-hydrogen) atoms. The number of carbonyl (C=O) groups is 4. The third-order valence-electron chi connectivity index (χ3n) is 1.32. The molecule has 0 aliphatic carbocycles. The van der Waals surface area contributed by atoms with Gasteiger partial charge in [-0.1, -0.05) is 17.7 Å². The molecule has 156 valence electrons. The van der Waals surface area contributed by atoms with Crippen molar-refractivity contribution < 1.29 is 52.6 Å². The van der Waals surface area contributed by atoms with Crippen LogP contribution in [0.15, 0.2) is 29.2 Å². The minimum Gasteiger partial charge on any atom is -0.481 e. The van der Waals surface area contributed by atoms with Gasteiger partial charge in [0, 0.05) is 27.7 Å². The molecule has 0 saturated carbocycles. The van der Waals surface area contributed by atoms with Crippen LogP contribution in [0.25, 0.3) is 0 Å². The number of benzene rings is 1. The van der Waals surface area contributed by atoms with Crippen molar-refractivity contribution in [1.82, 2.24) is 0 Å². The summed E-state index contributed by atoms with van der Waals surface area (Å²) in [4.78, 5) is 35.9. The second-order valence-electron chi connectivity index (χ2n) is 4.36. The van der Waals surface area contributed by atoms with E-state index in [1.54, 1.807) is 12.1 Å². The lowest BCUT2D eigenvalue weighted by Gasteiger charge is -1.95. The highest BCUT2D eigenvalue weighted by Crippen LogP contribution is 2.08. The molecule has 0 aliphatic heterocycles. The number of hydrogen-bond donors (Lipinski definition) is 5. The van der Waals surface area contributed by atoms with E-state index in [9.17, 15) is 8.42 Å². The minimum atomic E-state index is -4.02. The van der Waals surface area contributed by atoms with Gasteiger partial charge in [0.15, 0.2) is 0 Å². The summed E-state index contributed by atoms with van der Waals surface area (Å²) in [5.74, 6) is -3.33. The molecule has 0 aliphatic rings. The fourth-order valence-electron chi connectivity index (χ4n) is 0.710. The highest BCUT2D eigenvalue weighted by Gasteiger charge is 2.06. The molecular weight excluding hydrogens is 388 g/mol. The quantitative estimate of drug-likeness (QED) is 0.419. The molecule has 1 rings (SSSR count). The molecule has 0 amide bonds. The van der Waals surface area contributed by atoms with E-state index in [1.807, 2.05) is 6.92 Å². The zero-order chi connectivity index (χ0) is 22.8. The molecule has 0 atom stereocenters. The third-order valence-corrected chi connectivity index (χ3v) is 2.19. The first kappa shape index (κ1) is 31.7. The smallest absolute Gasteiger partial charge is 0.300 e. The largest absolute Gasteiger partial charge is 0.481 e. The summed E-state index contributed by atoms with van der Waals surface area (Å²) in [5.41, 5.74) is 0.956. The first-order valence-corrected chi connectivity index (χ1v) is 8.19. The van der Waals surface area contributed by atoms with Crippen LogP contribution in [-0.4, -0.2) is 57.3 Å². The Balaban J connectivity index is -0.000000139. The zero-order valence-electron chi connectivity index (χ0n) is 15.4. The number of aryl methyl sites for hydroxylation is 1. The molecule has 0 saturated heterocycles. The molecule has 5 N–H and O–H groups in total. The second-order valence-corrected chi connectivity index (χ2v) is 5.79. The van der Waals surface area contributed by atoms with E-state index in [4.69, 9.17) is 44.2 Å². The average Bonchev–Trinajstić information content (AvgIpc) is 2.35. The summed E-state index contributed by atoms with van der Waals surface area (Å²) in [6.45, 7) is 6.17. The molecule has 0 heterocycles. The fraction of sp³-hybridized carbons (Fsp3) is 0.333. The maximum Gasteiger partial charge on any atom is 0.300 e. The van der Waals surface area contributed by atoms with Gasteiger partial charge in [-0.05, 0) is 19.1 Å². The average molecular weight is 412 g/mol. The summed E-state index contributed by atoms with van der Waals surface area (Å²) < 4.78 is 29.6. The number of carboxylic acid groups (broad SMARTS) is 4. The van der Waals surface area contributed by atoms with E-state index in [-0.39, 0.29) is 4.90 Å². The van der Waals surface area contributed by atoms with Crippen LogP contribution in [0, 0.1) is 6.92 Å². The van der Waals surface area contributed by atoms with E-state index in [2.05, 4.69) is 0 Å². The van der Waals surface area contributed by atoms with Crippen LogP contribution in [-0.2, 0) is 29.3 Å². The highest BCUT2D eigenvalue weighted by atomic mass is 32.2. The van der Waals surface area contributed by atoms with Crippen LogP contribution < -0.4 is 0 Å². The van der Waals surface area contributed by atoms with Gasteiger partial charge >= 0.3 is 0 Å². The Kier molecular flexibility index (Phi) is 21.0. The van der Waals surface area contributed by atoms with Crippen LogP contribution in [0.4, 0.5) is 0 Å².